The summed E-state index contributed by atoms with van der Waals surface area (Å²) in [7, 11) is 0. The predicted octanol–water partition coefficient (Wildman–Crippen LogP) is 1.92. The first kappa shape index (κ1) is 14.7. The number of carbonyl (C=O) groups is 2. The maximum absolute atomic E-state index is 12.7. The number of nitriles is 1. The Morgan fingerprint density at radius 2 is 1.96 bits per heavy atom. The maximum atomic E-state index is 12.7. The fraction of sp³-hybridized carbons (Fsp3) is 0.176. The van der Waals surface area contributed by atoms with Gasteiger partial charge in [0, 0.05) is 6.20 Å². The van der Waals surface area contributed by atoms with Crippen molar-refractivity contribution in [3.8, 4) is 6.07 Å². The van der Waals surface area contributed by atoms with Crippen LogP contribution >= 0.6 is 0 Å². The summed E-state index contributed by atoms with van der Waals surface area (Å²) in [6.07, 6.45) is 1.62. The zero-order valence-corrected chi connectivity index (χ0v) is 12.5. The van der Waals surface area contributed by atoms with Gasteiger partial charge in [0.05, 0.1) is 23.9 Å². The molecule has 23 heavy (non-hydrogen) atoms. The van der Waals surface area contributed by atoms with Gasteiger partial charge >= 0.3 is 6.03 Å². The van der Waals surface area contributed by atoms with Crippen LogP contribution in [0.2, 0.25) is 0 Å². The van der Waals surface area contributed by atoms with Crippen LogP contribution in [0.4, 0.5) is 4.79 Å². The van der Waals surface area contributed by atoms with Crippen molar-refractivity contribution in [1.29, 1.82) is 5.26 Å². The van der Waals surface area contributed by atoms with E-state index in [0.29, 0.717) is 16.8 Å². The van der Waals surface area contributed by atoms with Crippen molar-refractivity contribution >= 4 is 11.9 Å². The molecule has 1 aliphatic heterocycles. The topological polar surface area (TPSA) is 86.1 Å². The van der Waals surface area contributed by atoms with Gasteiger partial charge in [0.25, 0.3) is 5.91 Å². The van der Waals surface area contributed by atoms with E-state index in [1.807, 2.05) is 6.07 Å². The highest BCUT2D eigenvalue weighted by atomic mass is 16.2. The molecule has 0 bridgehead atoms. The van der Waals surface area contributed by atoms with E-state index < -0.39 is 11.6 Å². The zero-order chi connectivity index (χ0) is 16.4. The highest BCUT2D eigenvalue weighted by Crippen LogP contribution is 2.29. The molecule has 1 fully saturated rings. The lowest BCUT2D eigenvalue weighted by Crippen LogP contribution is -2.40. The monoisotopic (exact) mass is 306 g/mol. The zero-order valence-electron chi connectivity index (χ0n) is 12.5. The molecular weight excluding hydrogens is 292 g/mol. The van der Waals surface area contributed by atoms with Gasteiger partial charge in [0.1, 0.15) is 5.54 Å². The quantitative estimate of drug-likeness (QED) is 0.878. The summed E-state index contributed by atoms with van der Waals surface area (Å²) in [5.74, 6) is -0.335. The number of imide groups is 1. The normalized spacial score (nSPS) is 20.3. The Morgan fingerprint density at radius 3 is 2.57 bits per heavy atom. The van der Waals surface area contributed by atoms with Gasteiger partial charge in [-0.15, -0.1) is 0 Å². The fourth-order valence-electron chi connectivity index (χ4n) is 2.57. The van der Waals surface area contributed by atoms with E-state index >= 15 is 0 Å². The second-order valence-corrected chi connectivity index (χ2v) is 5.46. The van der Waals surface area contributed by atoms with E-state index in [1.165, 1.54) is 0 Å². The summed E-state index contributed by atoms with van der Waals surface area (Å²) >= 11 is 0. The first-order valence-corrected chi connectivity index (χ1v) is 7.09. The van der Waals surface area contributed by atoms with Gasteiger partial charge in [0.15, 0.2) is 0 Å². The number of rotatable bonds is 3. The van der Waals surface area contributed by atoms with E-state index in [2.05, 4.69) is 10.3 Å². The molecule has 1 saturated heterocycles. The van der Waals surface area contributed by atoms with Crippen molar-refractivity contribution in [2.45, 2.75) is 19.0 Å². The van der Waals surface area contributed by atoms with Crippen LogP contribution in [0.5, 0.6) is 0 Å². The first-order valence-electron chi connectivity index (χ1n) is 7.09. The van der Waals surface area contributed by atoms with Crippen LogP contribution in [0.1, 0.15) is 23.7 Å². The summed E-state index contributed by atoms with van der Waals surface area (Å²) in [6, 6.07) is 13.5. The molecule has 3 rings (SSSR count). The molecule has 1 aromatic heterocycles. The average molecular weight is 306 g/mol. The first-order chi connectivity index (χ1) is 11.0. The maximum Gasteiger partial charge on any atom is 0.325 e. The Morgan fingerprint density at radius 1 is 1.22 bits per heavy atom. The van der Waals surface area contributed by atoms with Crippen LogP contribution in [-0.2, 0) is 16.9 Å². The third-order valence-corrected chi connectivity index (χ3v) is 3.91. The van der Waals surface area contributed by atoms with Crippen molar-refractivity contribution in [2.75, 3.05) is 0 Å². The van der Waals surface area contributed by atoms with Crippen LogP contribution < -0.4 is 5.32 Å². The number of carbonyl (C=O) groups excluding carboxylic acids is 2. The molecule has 1 N–H and O–H groups in total. The van der Waals surface area contributed by atoms with E-state index in [0.717, 1.165) is 4.90 Å². The van der Waals surface area contributed by atoms with Gasteiger partial charge in [-0.2, -0.15) is 5.26 Å². The molecule has 0 radical (unpaired) electrons. The Balaban J connectivity index is 1.88. The number of hydrogen-bond acceptors (Lipinski definition) is 4. The Bertz CT molecular complexity index is 796. The van der Waals surface area contributed by atoms with Crippen LogP contribution in [0, 0.1) is 11.3 Å². The van der Waals surface area contributed by atoms with Crippen molar-refractivity contribution in [3.05, 3.63) is 65.5 Å². The minimum atomic E-state index is -1.14. The van der Waals surface area contributed by atoms with Gasteiger partial charge in [-0.25, -0.2) is 4.79 Å². The number of urea groups is 1. The summed E-state index contributed by atoms with van der Waals surface area (Å²) < 4.78 is 0. The van der Waals surface area contributed by atoms with Crippen LogP contribution in [0.25, 0.3) is 0 Å². The predicted molar refractivity (Wildman–Crippen MR) is 81.8 cm³/mol. The van der Waals surface area contributed by atoms with Gasteiger partial charge in [0.2, 0.25) is 0 Å². The number of nitrogens with zero attached hydrogens (tertiary/aromatic N) is 3. The largest absolute Gasteiger partial charge is 0.325 e. The SMILES string of the molecule is C[C@]1(c2ccc(C#N)cc2)NC(=O)N(Cc2ccccn2)C1=O. The number of hydrogen-bond donors (Lipinski definition) is 1. The Labute approximate surface area is 133 Å². The van der Waals surface area contributed by atoms with E-state index in [-0.39, 0.29) is 12.5 Å². The number of amides is 3. The molecule has 0 aliphatic carbocycles. The Kier molecular flexibility index (Phi) is 3.54. The minimum Gasteiger partial charge on any atom is -0.319 e. The van der Waals surface area contributed by atoms with Crippen LogP contribution in [0.15, 0.2) is 48.7 Å². The molecule has 114 valence electrons. The lowest BCUT2D eigenvalue weighted by molar-refractivity contribution is -0.131. The molecule has 0 unspecified atom stereocenters. The molecule has 1 atom stereocenters. The van der Waals surface area contributed by atoms with Crippen LogP contribution in [-0.4, -0.2) is 21.8 Å². The van der Waals surface area contributed by atoms with Crippen LogP contribution in [0.3, 0.4) is 0 Å². The molecule has 2 aromatic rings. The molecule has 1 aliphatic rings. The Hall–Kier alpha value is -3.20. The molecule has 6 heteroatoms. The van der Waals surface area contributed by atoms with E-state index in [4.69, 9.17) is 5.26 Å². The number of aromatic nitrogens is 1. The third-order valence-electron chi connectivity index (χ3n) is 3.91. The van der Waals surface area contributed by atoms with E-state index in [9.17, 15) is 9.59 Å². The van der Waals surface area contributed by atoms with Gasteiger partial charge in [-0.05, 0) is 36.8 Å². The molecule has 0 spiro atoms. The van der Waals surface area contributed by atoms with Crippen molar-refractivity contribution in [2.24, 2.45) is 0 Å². The lowest BCUT2D eigenvalue weighted by atomic mass is 9.91. The average Bonchev–Trinajstić information content (AvgIpc) is 2.80. The smallest absolute Gasteiger partial charge is 0.319 e. The number of benzene rings is 1. The number of pyridine rings is 1. The summed E-state index contributed by atoms with van der Waals surface area (Å²) in [5.41, 5.74) is 0.637. The van der Waals surface area contributed by atoms with Crippen molar-refractivity contribution in [3.63, 3.8) is 0 Å². The second-order valence-electron chi connectivity index (χ2n) is 5.46. The summed E-state index contributed by atoms with van der Waals surface area (Å²) in [4.78, 5) is 30.3. The fourth-order valence-corrected chi connectivity index (χ4v) is 2.57. The molecule has 2 heterocycles. The highest BCUT2D eigenvalue weighted by molar-refractivity contribution is 6.07. The summed E-state index contributed by atoms with van der Waals surface area (Å²) in [5, 5.41) is 11.6. The molecule has 0 saturated carbocycles. The van der Waals surface area contributed by atoms with Gasteiger partial charge < -0.3 is 5.32 Å². The number of nitrogens with one attached hydrogen (secondary N) is 1. The minimum absolute atomic E-state index is 0.122. The van der Waals surface area contributed by atoms with E-state index in [1.54, 1.807) is 55.6 Å². The standard InChI is InChI=1S/C17H14N4O2/c1-17(13-7-5-12(10-18)6-8-13)15(22)21(16(23)20-17)11-14-4-2-3-9-19-14/h2-9H,11H2,1H3,(H,20,23)/t17-/m1/s1. The van der Waals surface area contributed by atoms with Crippen molar-refractivity contribution in [1.82, 2.24) is 15.2 Å². The van der Waals surface area contributed by atoms with Crippen molar-refractivity contribution < 1.29 is 9.59 Å². The molecule has 6 nitrogen and oxygen atoms in total. The summed E-state index contributed by atoms with van der Waals surface area (Å²) in [6.45, 7) is 1.78. The highest BCUT2D eigenvalue weighted by Gasteiger charge is 2.48. The molecule has 1 aromatic carbocycles. The lowest BCUT2D eigenvalue weighted by Gasteiger charge is -2.22. The molecule has 3 amide bonds. The van der Waals surface area contributed by atoms with Gasteiger partial charge in [-0.3, -0.25) is 14.7 Å². The third kappa shape index (κ3) is 2.53. The second kappa shape index (κ2) is 5.54. The van der Waals surface area contributed by atoms with Gasteiger partial charge in [-0.1, -0.05) is 18.2 Å². The molecular formula is C17H14N4O2.